The van der Waals surface area contributed by atoms with E-state index in [1.54, 1.807) is 44.2 Å². The lowest BCUT2D eigenvalue weighted by molar-refractivity contribution is -0.441. The molecule has 1 saturated heterocycles. The molecule has 2 fully saturated rings. The van der Waals surface area contributed by atoms with Crippen molar-refractivity contribution in [3.8, 4) is 0 Å². The molecule has 2 aliphatic rings. The highest BCUT2D eigenvalue weighted by molar-refractivity contribution is 7.91. The van der Waals surface area contributed by atoms with Gasteiger partial charge in [0.1, 0.15) is 11.7 Å². The second-order valence-corrected chi connectivity index (χ2v) is 8.87. The summed E-state index contributed by atoms with van der Waals surface area (Å²) >= 11 is 0. The van der Waals surface area contributed by atoms with E-state index in [2.05, 4.69) is 0 Å². The SMILES string of the molecule is CC1(O)CCC2CC1OO[C@]2(C)CS(=O)(=O)c1ccccc1. The Bertz CT molecular complexity index is 640. The summed E-state index contributed by atoms with van der Waals surface area (Å²) in [5, 5.41) is 10.2. The van der Waals surface area contributed by atoms with Crippen molar-refractivity contribution in [2.75, 3.05) is 5.75 Å². The van der Waals surface area contributed by atoms with E-state index >= 15 is 0 Å². The van der Waals surface area contributed by atoms with Gasteiger partial charge in [-0.1, -0.05) is 18.2 Å². The molecule has 0 aromatic heterocycles. The zero-order valence-corrected chi connectivity index (χ0v) is 13.7. The number of rotatable bonds is 3. The lowest BCUT2D eigenvalue weighted by Gasteiger charge is -2.50. The van der Waals surface area contributed by atoms with Gasteiger partial charge in [0, 0.05) is 0 Å². The topological polar surface area (TPSA) is 72.8 Å². The standard InChI is InChI=1S/C16H22O5S/c1-15(17)9-8-12-10-14(15)20-21-16(12,2)11-22(18,19)13-6-4-3-5-7-13/h3-7,12,14,17H,8-11H2,1-2H3/t12?,14?,15?,16-/m1/s1. The minimum atomic E-state index is -3.45. The summed E-state index contributed by atoms with van der Waals surface area (Å²) in [6.07, 6.45) is 1.55. The van der Waals surface area contributed by atoms with Gasteiger partial charge in [-0.15, -0.1) is 0 Å². The smallest absolute Gasteiger partial charge is 0.181 e. The molecule has 0 radical (unpaired) electrons. The van der Waals surface area contributed by atoms with Crippen LogP contribution in [0.25, 0.3) is 0 Å². The number of aliphatic hydroxyl groups is 1. The molecule has 22 heavy (non-hydrogen) atoms. The Kier molecular flexibility index (Phi) is 3.84. The minimum Gasteiger partial charge on any atom is -0.387 e. The quantitative estimate of drug-likeness (QED) is 0.861. The highest BCUT2D eigenvalue weighted by atomic mass is 32.2. The fourth-order valence-corrected chi connectivity index (χ4v) is 5.20. The van der Waals surface area contributed by atoms with E-state index in [0.717, 1.165) is 6.42 Å². The maximum atomic E-state index is 12.6. The van der Waals surface area contributed by atoms with Crippen LogP contribution in [0.1, 0.15) is 33.1 Å². The Hall–Kier alpha value is -0.950. The third-order valence-corrected chi connectivity index (χ3v) is 6.93. The number of benzene rings is 1. The van der Waals surface area contributed by atoms with Crippen LogP contribution in [-0.4, -0.2) is 36.6 Å². The Balaban J connectivity index is 1.81. The minimum absolute atomic E-state index is 0.0602. The first-order chi connectivity index (χ1) is 10.2. The number of hydrogen-bond acceptors (Lipinski definition) is 5. The van der Waals surface area contributed by atoms with Crippen LogP contribution in [0.2, 0.25) is 0 Å². The zero-order valence-electron chi connectivity index (χ0n) is 12.9. The molecule has 3 unspecified atom stereocenters. The molecule has 4 atom stereocenters. The van der Waals surface area contributed by atoms with Gasteiger partial charge in [0.2, 0.25) is 0 Å². The van der Waals surface area contributed by atoms with E-state index < -0.39 is 27.1 Å². The second kappa shape index (κ2) is 5.30. The van der Waals surface area contributed by atoms with Gasteiger partial charge in [-0.2, -0.15) is 0 Å². The highest BCUT2D eigenvalue weighted by Gasteiger charge is 2.53. The van der Waals surface area contributed by atoms with E-state index in [1.165, 1.54) is 0 Å². The lowest BCUT2D eigenvalue weighted by atomic mass is 9.71. The van der Waals surface area contributed by atoms with Crippen LogP contribution in [0.15, 0.2) is 35.2 Å². The van der Waals surface area contributed by atoms with Gasteiger partial charge in [-0.25, -0.2) is 18.2 Å². The molecule has 0 amide bonds. The molecule has 1 aromatic rings. The lowest BCUT2D eigenvalue weighted by Crippen LogP contribution is -2.58. The van der Waals surface area contributed by atoms with Gasteiger partial charge in [-0.3, -0.25) is 0 Å². The van der Waals surface area contributed by atoms with Crippen molar-refractivity contribution < 1.29 is 23.3 Å². The first-order valence-electron chi connectivity index (χ1n) is 7.58. The van der Waals surface area contributed by atoms with E-state index in [0.29, 0.717) is 17.7 Å². The Labute approximate surface area is 131 Å². The summed E-state index contributed by atoms with van der Waals surface area (Å²) in [6, 6.07) is 8.39. The van der Waals surface area contributed by atoms with Crippen LogP contribution in [0.5, 0.6) is 0 Å². The predicted molar refractivity (Wildman–Crippen MR) is 80.8 cm³/mol. The largest absolute Gasteiger partial charge is 0.387 e. The highest BCUT2D eigenvalue weighted by Crippen LogP contribution is 2.45. The summed E-state index contributed by atoms with van der Waals surface area (Å²) < 4.78 is 25.2. The van der Waals surface area contributed by atoms with E-state index in [9.17, 15) is 13.5 Å². The molecule has 1 saturated carbocycles. The Morgan fingerprint density at radius 1 is 1.27 bits per heavy atom. The summed E-state index contributed by atoms with van der Waals surface area (Å²) in [5.41, 5.74) is -1.79. The maximum absolute atomic E-state index is 12.6. The van der Waals surface area contributed by atoms with Crippen LogP contribution in [0.4, 0.5) is 0 Å². The zero-order chi connectivity index (χ0) is 16.0. The summed E-state index contributed by atoms with van der Waals surface area (Å²) in [5.74, 6) is -0.0613. The molecule has 1 N–H and O–H groups in total. The Morgan fingerprint density at radius 3 is 2.64 bits per heavy atom. The maximum Gasteiger partial charge on any atom is 0.181 e. The fourth-order valence-electron chi connectivity index (χ4n) is 3.42. The monoisotopic (exact) mass is 326 g/mol. The van der Waals surface area contributed by atoms with Gasteiger partial charge in [0.15, 0.2) is 9.84 Å². The number of fused-ring (bicyclic) bond motifs is 2. The number of hydrogen-bond donors (Lipinski definition) is 1. The van der Waals surface area contributed by atoms with E-state index in [1.807, 2.05) is 0 Å². The molecule has 122 valence electrons. The van der Waals surface area contributed by atoms with Gasteiger partial charge in [0.25, 0.3) is 0 Å². The van der Waals surface area contributed by atoms with Crippen molar-refractivity contribution in [1.29, 1.82) is 0 Å². The van der Waals surface area contributed by atoms with Crippen molar-refractivity contribution in [2.24, 2.45) is 5.92 Å². The molecule has 1 aliphatic heterocycles. The molecule has 2 bridgehead atoms. The summed E-state index contributed by atoms with van der Waals surface area (Å²) in [7, 11) is -3.45. The van der Waals surface area contributed by atoms with Crippen LogP contribution >= 0.6 is 0 Å². The Morgan fingerprint density at radius 2 is 1.95 bits per heavy atom. The summed E-state index contributed by atoms with van der Waals surface area (Å²) in [6.45, 7) is 3.52. The third-order valence-electron chi connectivity index (χ3n) is 4.99. The van der Waals surface area contributed by atoms with Crippen LogP contribution < -0.4 is 0 Å². The van der Waals surface area contributed by atoms with Crippen LogP contribution in [0.3, 0.4) is 0 Å². The van der Waals surface area contributed by atoms with Gasteiger partial charge in [0.05, 0.1) is 16.2 Å². The average Bonchev–Trinajstić information content (AvgIpc) is 2.46. The van der Waals surface area contributed by atoms with Gasteiger partial charge >= 0.3 is 0 Å². The first-order valence-corrected chi connectivity index (χ1v) is 9.23. The van der Waals surface area contributed by atoms with Crippen LogP contribution in [-0.2, 0) is 19.6 Å². The molecule has 5 nitrogen and oxygen atoms in total. The average molecular weight is 326 g/mol. The van der Waals surface area contributed by atoms with Crippen molar-refractivity contribution in [1.82, 2.24) is 0 Å². The van der Waals surface area contributed by atoms with Gasteiger partial charge < -0.3 is 5.11 Å². The molecule has 6 heteroatoms. The molecule has 1 aromatic carbocycles. The van der Waals surface area contributed by atoms with Gasteiger partial charge in [-0.05, 0) is 51.2 Å². The van der Waals surface area contributed by atoms with E-state index in [4.69, 9.17) is 9.78 Å². The third kappa shape index (κ3) is 2.80. The number of sulfone groups is 1. The van der Waals surface area contributed by atoms with Crippen molar-refractivity contribution in [3.63, 3.8) is 0 Å². The normalized spacial score (nSPS) is 38.7. The molecule has 0 spiro atoms. The molecular weight excluding hydrogens is 304 g/mol. The van der Waals surface area contributed by atoms with Crippen molar-refractivity contribution in [3.05, 3.63) is 30.3 Å². The second-order valence-electron chi connectivity index (χ2n) is 6.88. The molecular formula is C16H22O5S. The molecule has 1 aliphatic carbocycles. The van der Waals surface area contributed by atoms with Crippen LogP contribution in [0, 0.1) is 5.92 Å². The van der Waals surface area contributed by atoms with Crippen molar-refractivity contribution >= 4 is 9.84 Å². The molecule has 1 heterocycles. The van der Waals surface area contributed by atoms with E-state index in [-0.39, 0.29) is 11.7 Å². The first kappa shape index (κ1) is 15.9. The predicted octanol–water partition coefficient (Wildman–Crippen LogP) is 2.10. The van der Waals surface area contributed by atoms with Crippen molar-refractivity contribution in [2.45, 2.75) is 55.3 Å². The fraction of sp³-hybridized carbons (Fsp3) is 0.625. The summed E-state index contributed by atoms with van der Waals surface area (Å²) in [4.78, 5) is 11.1. The molecule has 3 rings (SSSR count).